The van der Waals surface area contributed by atoms with Crippen molar-refractivity contribution in [2.45, 2.75) is 6.54 Å². The van der Waals surface area contributed by atoms with Crippen molar-refractivity contribution in [2.75, 3.05) is 26.2 Å². The molecule has 1 aromatic rings. The zero-order valence-electron chi connectivity index (χ0n) is 10.3. The van der Waals surface area contributed by atoms with E-state index in [0.717, 1.165) is 18.7 Å². The van der Waals surface area contributed by atoms with E-state index in [4.69, 9.17) is 23.5 Å². The number of aromatic hydroxyl groups is 1. The first-order valence-electron chi connectivity index (χ1n) is 5.57. The molecule has 0 atom stereocenters. The van der Waals surface area contributed by atoms with Crippen LogP contribution in [0.15, 0.2) is 18.2 Å². The van der Waals surface area contributed by atoms with Crippen LogP contribution in [0.1, 0.15) is 5.56 Å². The van der Waals surface area contributed by atoms with Crippen molar-refractivity contribution in [1.82, 2.24) is 10.6 Å². The summed E-state index contributed by atoms with van der Waals surface area (Å²) in [4.78, 5) is 0. The van der Waals surface area contributed by atoms with Gasteiger partial charge in [0.05, 0.1) is 6.61 Å². The number of phenols is 1. The molecule has 0 saturated heterocycles. The van der Waals surface area contributed by atoms with Crippen molar-refractivity contribution in [1.29, 1.82) is 0 Å². The first-order chi connectivity index (χ1) is 9.15. The number of aliphatic hydroxyl groups is 1. The molecule has 0 fully saturated rings. The monoisotopic (exact) mass is 374 g/mol. The van der Waals surface area contributed by atoms with Gasteiger partial charge in [0, 0.05) is 36.8 Å². The zero-order valence-corrected chi connectivity index (χ0v) is 13.0. The summed E-state index contributed by atoms with van der Waals surface area (Å²) in [6.45, 7) is 2.88. The normalized spacial score (nSPS) is 9.58. The number of aliphatic hydroxyl groups excluding tert-OH is 1. The molecule has 0 radical (unpaired) electrons. The van der Waals surface area contributed by atoms with Gasteiger partial charge in [0.25, 0.3) is 0 Å². The number of nitrogens with one attached hydrogen (secondary N) is 2. The summed E-state index contributed by atoms with van der Waals surface area (Å²) in [5.74, 6) is 0.250. The molecule has 19 heavy (non-hydrogen) atoms. The fraction of sp³-hybridized carbons (Fsp3) is 0.455. The Kier molecular flexibility index (Phi) is 12.2. The molecule has 0 spiro atoms. The molecular formula is C11H17ClMoN2O4. The van der Waals surface area contributed by atoms with Crippen molar-refractivity contribution in [3.8, 4) is 5.75 Å². The van der Waals surface area contributed by atoms with Crippen LogP contribution in [0, 0.1) is 0 Å². The molecule has 0 aliphatic heterocycles. The van der Waals surface area contributed by atoms with Crippen LogP contribution in [0.3, 0.4) is 0 Å². The quantitative estimate of drug-likeness (QED) is 0.410. The topological polar surface area (TPSA) is 98.7 Å². The molecule has 0 aliphatic rings. The molecule has 0 unspecified atom stereocenters. The fourth-order valence-corrected chi connectivity index (χ4v) is 1.49. The second kappa shape index (κ2) is 12.5. The van der Waals surface area contributed by atoms with Gasteiger partial charge in [0.15, 0.2) is 0 Å². The average molecular weight is 373 g/mol. The molecule has 1 rings (SSSR count). The summed E-state index contributed by atoms with van der Waals surface area (Å²) in [7, 11) is 0. The van der Waals surface area contributed by atoms with E-state index >= 15 is 0 Å². The molecule has 1 aromatic carbocycles. The zero-order chi connectivity index (χ0) is 14.5. The van der Waals surface area contributed by atoms with E-state index in [-0.39, 0.29) is 12.4 Å². The number of rotatable bonds is 7. The molecular weight excluding hydrogens is 356 g/mol. The summed E-state index contributed by atoms with van der Waals surface area (Å²) in [5, 5.41) is 24.9. The van der Waals surface area contributed by atoms with Gasteiger partial charge in [-0.1, -0.05) is 11.6 Å². The number of benzene rings is 1. The predicted molar refractivity (Wildman–Crippen MR) is 66.2 cm³/mol. The Morgan fingerprint density at radius 1 is 1.16 bits per heavy atom. The second-order valence-corrected chi connectivity index (χ2v) is 4.26. The van der Waals surface area contributed by atoms with Gasteiger partial charge in [-0.3, -0.25) is 0 Å². The van der Waals surface area contributed by atoms with Crippen molar-refractivity contribution in [3.05, 3.63) is 28.8 Å². The molecule has 4 N–H and O–H groups in total. The third-order valence-corrected chi connectivity index (χ3v) is 2.36. The third kappa shape index (κ3) is 9.99. The van der Waals surface area contributed by atoms with Crippen molar-refractivity contribution < 1.29 is 35.5 Å². The minimum absolute atomic E-state index is 0.148. The molecule has 0 heterocycles. The molecule has 6 nitrogen and oxygen atoms in total. The second-order valence-electron chi connectivity index (χ2n) is 3.49. The van der Waals surface area contributed by atoms with Crippen molar-refractivity contribution in [2.24, 2.45) is 0 Å². The predicted octanol–water partition coefficient (Wildman–Crippen LogP) is 0.477. The summed E-state index contributed by atoms with van der Waals surface area (Å²) >= 11 is 3.79. The van der Waals surface area contributed by atoms with Gasteiger partial charge in [-0.05, 0) is 18.2 Å². The molecule has 8 heteroatoms. The summed E-state index contributed by atoms with van der Waals surface area (Å²) in [6.07, 6.45) is 0. The van der Waals surface area contributed by atoms with Crippen LogP contribution in [0.2, 0.25) is 5.02 Å². The summed E-state index contributed by atoms with van der Waals surface area (Å²) in [6, 6.07) is 4.98. The average Bonchev–Trinajstić information content (AvgIpc) is 2.38. The standard InChI is InChI=1S/C11H17ClN2O2.Mo.2O/c12-10-1-2-11(16)9(7-10)8-14-4-3-13-5-6-15;;;/h1-2,7,13-16H,3-6,8H2;;;. The Bertz CT molecular complexity index is 400. The van der Waals surface area contributed by atoms with Gasteiger partial charge >= 0.3 is 25.3 Å². The van der Waals surface area contributed by atoms with Gasteiger partial charge in [-0.15, -0.1) is 0 Å². The van der Waals surface area contributed by atoms with Crippen LogP contribution < -0.4 is 10.6 Å². The SMILES string of the molecule is OCCNCCNCc1cc(Cl)ccc1O.[O]=[Mo]=[O]. The van der Waals surface area contributed by atoms with Crippen LogP contribution >= 0.6 is 11.6 Å². The van der Waals surface area contributed by atoms with Gasteiger partial charge in [0.2, 0.25) is 0 Å². The number of phenolic OH excluding ortho intramolecular Hbond substituents is 1. The van der Waals surface area contributed by atoms with Gasteiger partial charge < -0.3 is 20.8 Å². The molecule has 0 bridgehead atoms. The van der Waals surface area contributed by atoms with E-state index in [1.165, 1.54) is 0 Å². The minimum atomic E-state index is -2.03. The van der Waals surface area contributed by atoms with E-state index in [0.29, 0.717) is 18.1 Å². The number of halogens is 1. The third-order valence-electron chi connectivity index (χ3n) is 2.12. The first kappa shape index (κ1) is 18.5. The van der Waals surface area contributed by atoms with Crippen LogP contribution in [0.25, 0.3) is 0 Å². The Morgan fingerprint density at radius 3 is 2.42 bits per heavy atom. The molecule has 0 aromatic heterocycles. The van der Waals surface area contributed by atoms with Crippen LogP contribution in [-0.4, -0.2) is 36.5 Å². The maximum atomic E-state index is 9.53. The van der Waals surface area contributed by atoms with Gasteiger partial charge in [0.1, 0.15) is 5.75 Å². The Hall–Kier alpha value is -0.522. The molecule has 0 aliphatic carbocycles. The van der Waals surface area contributed by atoms with Crippen LogP contribution in [0.4, 0.5) is 0 Å². The Morgan fingerprint density at radius 2 is 1.79 bits per heavy atom. The fourth-order valence-electron chi connectivity index (χ4n) is 1.30. The van der Waals surface area contributed by atoms with Crippen LogP contribution in [0.5, 0.6) is 5.75 Å². The van der Waals surface area contributed by atoms with E-state index in [2.05, 4.69) is 10.6 Å². The first-order valence-corrected chi connectivity index (χ1v) is 7.58. The van der Waals surface area contributed by atoms with Crippen molar-refractivity contribution in [3.63, 3.8) is 0 Å². The van der Waals surface area contributed by atoms with E-state index in [1.807, 2.05) is 0 Å². The summed E-state index contributed by atoms with van der Waals surface area (Å²) < 4.78 is 17.0. The number of hydrogen-bond acceptors (Lipinski definition) is 6. The maximum absolute atomic E-state index is 9.53. The number of hydrogen-bond donors (Lipinski definition) is 4. The molecule has 0 saturated carbocycles. The van der Waals surface area contributed by atoms with Crippen LogP contribution in [-0.2, 0) is 31.8 Å². The van der Waals surface area contributed by atoms with E-state index in [1.54, 1.807) is 18.2 Å². The van der Waals surface area contributed by atoms with E-state index < -0.39 is 18.5 Å². The van der Waals surface area contributed by atoms with Crippen molar-refractivity contribution >= 4 is 11.6 Å². The Balaban J connectivity index is 0.000000982. The summed E-state index contributed by atoms with van der Waals surface area (Å²) in [5.41, 5.74) is 0.787. The Labute approximate surface area is 125 Å². The van der Waals surface area contributed by atoms with Gasteiger partial charge in [-0.2, -0.15) is 0 Å². The molecule has 0 amide bonds. The van der Waals surface area contributed by atoms with E-state index in [9.17, 15) is 5.11 Å². The molecule has 108 valence electrons. The van der Waals surface area contributed by atoms with Gasteiger partial charge in [-0.25, -0.2) is 0 Å².